The SMILES string of the molecule is CCn1c(=O)c(-c2noc(CCC(=O)N(C)c3cc(C)ccc3C)n2)nn(-c2ccc(C)cc2)c1=O. The summed E-state index contributed by atoms with van der Waals surface area (Å²) in [5.41, 5.74) is 3.17. The third-order valence-electron chi connectivity index (χ3n) is 5.99. The van der Waals surface area contributed by atoms with Crippen LogP contribution in [0.15, 0.2) is 56.6 Å². The maximum absolute atomic E-state index is 12.9. The highest BCUT2D eigenvalue weighted by Crippen LogP contribution is 2.21. The largest absolute Gasteiger partial charge is 0.352 e. The predicted octanol–water partition coefficient (Wildman–Crippen LogP) is 2.98. The fourth-order valence-corrected chi connectivity index (χ4v) is 3.84. The molecule has 10 nitrogen and oxygen atoms in total. The molecule has 4 rings (SSSR count). The number of rotatable bonds is 7. The van der Waals surface area contributed by atoms with Gasteiger partial charge in [0.15, 0.2) is 5.69 Å². The van der Waals surface area contributed by atoms with E-state index in [-0.39, 0.29) is 42.7 Å². The van der Waals surface area contributed by atoms with Crippen LogP contribution in [0.4, 0.5) is 5.69 Å². The number of carbonyl (C=O) groups is 1. The number of nitrogens with zero attached hydrogens (tertiary/aromatic N) is 6. The Bertz CT molecular complexity index is 1530. The summed E-state index contributed by atoms with van der Waals surface area (Å²) in [6.07, 6.45) is 0.335. The van der Waals surface area contributed by atoms with Gasteiger partial charge in [-0.2, -0.15) is 14.8 Å². The van der Waals surface area contributed by atoms with Crippen molar-refractivity contribution in [1.29, 1.82) is 0 Å². The fraction of sp³-hybridized carbons (Fsp3) is 0.308. The highest BCUT2D eigenvalue weighted by Gasteiger charge is 2.21. The van der Waals surface area contributed by atoms with Crippen molar-refractivity contribution in [3.63, 3.8) is 0 Å². The number of amides is 1. The molecule has 0 N–H and O–H groups in total. The first-order valence-electron chi connectivity index (χ1n) is 11.7. The Balaban J connectivity index is 1.59. The minimum Gasteiger partial charge on any atom is -0.339 e. The summed E-state index contributed by atoms with van der Waals surface area (Å²) in [6.45, 7) is 7.72. The van der Waals surface area contributed by atoms with Crippen molar-refractivity contribution in [1.82, 2.24) is 24.5 Å². The van der Waals surface area contributed by atoms with Crippen LogP contribution >= 0.6 is 0 Å². The molecule has 186 valence electrons. The minimum absolute atomic E-state index is 0.0339. The van der Waals surface area contributed by atoms with Gasteiger partial charge in [0.1, 0.15) is 0 Å². The Labute approximate surface area is 207 Å². The molecule has 10 heteroatoms. The maximum Gasteiger partial charge on any atom is 0.352 e. The molecule has 1 amide bonds. The van der Waals surface area contributed by atoms with Crippen molar-refractivity contribution in [3.05, 3.63) is 85.9 Å². The van der Waals surface area contributed by atoms with E-state index < -0.39 is 11.2 Å². The first-order chi connectivity index (χ1) is 17.2. The van der Waals surface area contributed by atoms with Crippen molar-refractivity contribution in [2.24, 2.45) is 0 Å². The van der Waals surface area contributed by atoms with E-state index in [0.29, 0.717) is 5.69 Å². The lowest BCUT2D eigenvalue weighted by atomic mass is 10.1. The molecule has 4 aromatic rings. The zero-order chi connectivity index (χ0) is 26.0. The second kappa shape index (κ2) is 10.1. The summed E-state index contributed by atoms with van der Waals surface area (Å²) < 4.78 is 7.53. The van der Waals surface area contributed by atoms with E-state index in [0.717, 1.165) is 31.6 Å². The van der Waals surface area contributed by atoms with Gasteiger partial charge in [-0.1, -0.05) is 35.0 Å². The van der Waals surface area contributed by atoms with Crippen molar-refractivity contribution >= 4 is 11.6 Å². The lowest BCUT2D eigenvalue weighted by Gasteiger charge is -2.19. The molecule has 0 unspecified atom stereocenters. The van der Waals surface area contributed by atoms with Crippen LogP contribution in [0.5, 0.6) is 0 Å². The van der Waals surface area contributed by atoms with Gasteiger partial charge < -0.3 is 9.42 Å². The molecule has 0 bridgehead atoms. The minimum atomic E-state index is -0.607. The molecule has 0 aliphatic carbocycles. The molecule has 2 aromatic carbocycles. The van der Waals surface area contributed by atoms with Crippen LogP contribution in [0.3, 0.4) is 0 Å². The molecule has 0 fully saturated rings. The topological polar surface area (TPSA) is 116 Å². The zero-order valence-corrected chi connectivity index (χ0v) is 21.0. The summed E-state index contributed by atoms with van der Waals surface area (Å²) in [5.74, 6) is 0.0567. The molecule has 0 radical (unpaired) electrons. The Morgan fingerprint density at radius 1 is 1.03 bits per heavy atom. The molecule has 0 saturated heterocycles. The van der Waals surface area contributed by atoms with Gasteiger partial charge in [-0.25, -0.2) is 4.79 Å². The van der Waals surface area contributed by atoms with Crippen LogP contribution in [0, 0.1) is 20.8 Å². The summed E-state index contributed by atoms with van der Waals surface area (Å²) >= 11 is 0. The zero-order valence-electron chi connectivity index (χ0n) is 21.0. The summed E-state index contributed by atoms with van der Waals surface area (Å²) in [7, 11) is 1.73. The average Bonchev–Trinajstić information content (AvgIpc) is 3.33. The van der Waals surface area contributed by atoms with E-state index in [1.807, 2.05) is 51.1 Å². The highest BCUT2D eigenvalue weighted by molar-refractivity contribution is 5.93. The Hall–Kier alpha value is -4.34. The van der Waals surface area contributed by atoms with Crippen LogP contribution in [-0.4, -0.2) is 37.4 Å². The van der Waals surface area contributed by atoms with Crippen LogP contribution in [-0.2, 0) is 17.8 Å². The van der Waals surface area contributed by atoms with Gasteiger partial charge in [0.25, 0.3) is 5.56 Å². The molecule has 0 atom stereocenters. The van der Waals surface area contributed by atoms with Gasteiger partial charge in [0.2, 0.25) is 17.6 Å². The molecule has 0 saturated carbocycles. The van der Waals surface area contributed by atoms with Crippen molar-refractivity contribution in [3.8, 4) is 17.2 Å². The maximum atomic E-state index is 12.9. The van der Waals surface area contributed by atoms with Crippen molar-refractivity contribution in [2.45, 2.75) is 47.1 Å². The first kappa shape index (κ1) is 24.8. The predicted molar refractivity (Wildman–Crippen MR) is 135 cm³/mol. The number of benzene rings is 2. The van der Waals surface area contributed by atoms with Crippen LogP contribution in [0.2, 0.25) is 0 Å². The average molecular weight is 489 g/mol. The molecule has 0 aliphatic rings. The van der Waals surface area contributed by atoms with E-state index in [1.165, 1.54) is 0 Å². The number of hydrogen-bond donors (Lipinski definition) is 0. The van der Waals surface area contributed by atoms with E-state index in [2.05, 4.69) is 15.2 Å². The lowest BCUT2D eigenvalue weighted by Crippen LogP contribution is -2.41. The van der Waals surface area contributed by atoms with E-state index in [1.54, 1.807) is 31.0 Å². The Morgan fingerprint density at radius 2 is 1.72 bits per heavy atom. The molecule has 2 aromatic heterocycles. The van der Waals surface area contributed by atoms with E-state index >= 15 is 0 Å². The number of carbonyl (C=O) groups excluding carboxylic acids is 1. The number of aromatic nitrogens is 5. The third kappa shape index (κ3) is 4.88. The molecule has 36 heavy (non-hydrogen) atoms. The van der Waals surface area contributed by atoms with Crippen molar-refractivity contribution < 1.29 is 9.32 Å². The number of anilines is 1. The third-order valence-corrected chi connectivity index (χ3v) is 5.99. The molecule has 2 heterocycles. The van der Waals surface area contributed by atoms with Crippen LogP contribution < -0.4 is 16.1 Å². The normalized spacial score (nSPS) is 11.0. The first-order valence-corrected chi connectivity index (χ1v) is 11.7. The molecular weight excluding hydrogens is 460 g/mol. The monoisotopic (exact) mass is 488 g/mol. The smallest absolute Gasteiger partial charge is 0.339 e. The molecular formula is C26H28N6O4. The summed E-state index contributed by atoms with van der Waals surface area (Å²) in [5, 5.41) is 8.16. The van der Waals surface area contributed by atoms with Gasteiger partial charge >= 0.3 is 5.69 Å². The van der Waals surface area contributed by atoms with Gasteiger partial charge in [0.05, 0.1) is 5.69 Å². The summed E-state index contributed by atoms with van der Waals surface area (Å²) in [6, 6.07) is 13.1. The van der Waals surface area contributed by atoms with Crippen molar-refractivity contribution in [2.75, 3.05) is 11.9 Å². The van der Waals surface area contributed by atoms with Crippen LogP contribution in [0.25, 0.3) is 17.2 Å². The Morgan fingerprint density at radius 3 is 2.42 bits per heavy atom. The quantitative estimate of drug-likeness (QED) is 0.393. The second-order valence-corrected chi connectivity index (χ2v) is 8.68. The summed E-state index contributed by atoms with van der Waals surface area (Å²) in [4.78, 5) is 44.5. The van der Waals surface area contributed by atoms with Gasteiger partial charge in [-0.3, -0.25) is 14.2 Å². The second-order valence-electron chi connectivity index (χ2n) is 8.68. The number of aryl methyl sites for hydroxylation is 4. The van der Waals surface area contributed by atoms with Gasteiger partial charge in [0, 0.05) is 32.1 Å². The van der Waals surface area contributed by atoms with E-state index in [9.17, 15) is 14.4 Å². The van der Waals surface area contributed by atoms with Gasteiger partial charge in [-0.15, -0.1) is 0 Å². The molecule has 0 spiro atoms. The number of hydrogen-bond acceptors (Lipinski definition) is 7. The van der Waals surface area contributed by atoms with Crippen LogP contribution in [0.1, 0.15) is 35.9 Å². The lowest BCUT2D eigenvalue weighted by molar-refractivity contribution is -0.118. The van der Waals surface area contributed by atoms with Gasteiger partial charge in [-0.05, 0) is 57.0 Å². The Kier molecular flexibility index (Phi) is 6.96. The van der Waals surface area contributed by atoms with E-state index in [4.69, 9.17) is 4.52 Å². The highest BCUT2D eigenvalue weighted by atomic mass is 16.5. The fourth-order valence-electron chi connectivity index (χ4n) is 3.84. The molecule has 0 aliphatic heterocycles. The standard InChI is InChI=1S/C26H28N6O4/c1-6-31-25(34)23(28-32(26(31)35)19-11-8-16(2)9-12-19)24-27-21(36-29-24)13-14-22(33)30(5)20-15-17(3)7-10-18(20)4/h7-12,15H,6,13-14H2,1-5H3.